The lowest BCUT2D eigenvalue weighted by Gasteiger charge is -2.24. The van der Waals surface area contributed by atoms with Gasteiger partial charge in [-0.3, -0.25) is 4.79 Å². The molecule has 0 unspecified atom stereocenters. The summed E-state index contributed by atoms with van der Waals surface area (Å²) < 4.78 is 13.9. The minimum atomic E-state index is -0.636. The van der Waals surface area contributed by atoms with Crippen LogP contribution in [0.1, 0.15) is 25.0 Å². The van der Waals surface area contributed by atoms with Crippen molar-refractivity contribution in [3.8, 4) is 0 Å². The van der Waals surface area contributed by atoms with Crippen LogP contribution in [0.25, 0.3) is 0 Å². The van der Waals surface area contributed by atoms with Gasteiger partial charge in [0.05, 0.1) is 0 Å². The van der Waals surface area contributed by atoms with Crippen LogP contribution in [0.15, 0.2) is 53.0 Å². The van der Waals surface area contributed by atoms with Crippen molar-refractivity contribution in [3.05, 3.63) is 69.9 Å². The fraction of sp³-hybridized carbons (Fsp3) is 0.235. The van der Waals surface area contributed by atoms with Crippen molar-refractivity contribution in [2.24, 2.45) is 0 Å². The molecule has 0 amide bonds. The topological polar surface area (TPSA) is 17.1 Å². The highest BCUT2D eigenvalue weighted by Gasteiger charge is 2.29. The number of benzene rings is 2. The molecule has 0 N–H and O–H groups in total. The molecule has 1 nitrogen and oxygen atoms in total. The number of Topliss-reactive ketones (excluding diaryl/α,β-unsaturated/α-hetero) is 1. The molecule has 0 atom stereocenters. The zero-order chi connectivity index (χ0) is 14.8. The third kappa shape index (κ3) is 3.15. The second-order valence-corrected chi connectivity index (χ2v) is 6.18. The van der Waals surface area contributed by atoms with E-state index in [1.807, 2.05) is 38.1 Å². The summed E-state index contributed by atoms with van der Waals surface area (Å²) in [5, 5.41) is 0. The molecule has 2 rings (SSSR count). The summed E-state index contributed by atoms with van der Waals surface area (Å²) in [6.45, 7) is 3.75. The summed E-state index contributed by atoms with van der Waals surface area (Å²) in [4.78, 5) is 12.6. The highest BCUT2D eigenvalue weighted by Crippen LogP contribution is 2.27. The molecule has 2 aromatic carbocycles. The highest BCUT2D eigenvalue weighted by atomic mass is 79.9. The quantitative estimate of drug-likeness (QED) is 0.793. The summed E-state index contributed by atoms with van der Waals surface area (Å²) in [5.41, 5.74) is 1.16. The first-order valence-corrected chi connectivity index (χ1v) is 7.23. The molecule has 0 fully saturated rings. The Balaban J connectivity index is 2.23. The second-order valence-electron chi connectivity index (χ2n) is 5.32. The van der Waals surface area contributed by atoms with Crippen molar-refractivity contribution in [2.45, 2.75) is 25.7 Å². The summed E-state index contributed by atoms with van der Waals surface area (Å²) in [5.74, 6) is -0.182. The van der Waals surface area contributed by atoms with Gasteiger partial charge in [-0.15, -0.1) is 0 Å². The molecular weight excluding hydrogens is 319 g/mol. The van der Waals surface area contributed by atoms with Gasteiger partial charge in [0.2, 0.25) is 0 Å². The third-order valence-corrected chi connectivity index (χ3v) is 4.35. The number of hydrogen-bond donors (Lipinski definition) is 0. The van der Waals surface area contributed by atoms with E-state index in [-0.39, 0.29) is 11.6 Å². The van der Waals surface area contributed by atoms with Gasteiger partial charge in [0.25, 0.3) is 0 Å². The van der Waals surface area contributed by atoms with Gasteiger partial charge in [-0.25, -0.2) is 4.39 Å². The maximum absolute atomic E-state index is 13.0. The molecule has 0 aliphatic carbocycles. The smallest absolute Gasteiger partial charge is 0.147 e. The first kappa shape index (κ1) is 14.9. The summed E-state index contributed by atoms with van der Waals surface area (Å²) in [6, 6.07) is 13.8. The van der Waals surface area contributed by atoms with Gasteiger partial charge in [-0.2, -0.15) is 0 Å². The first-order valence-electron chi connectivity index (χ1n) is 6.44. The monoisotopic (exact) mass is 334 g/mol. The zero-order valence-corrected chi connectivity index (χ0v) is 13.1. The van der Waals surface area contributed by atoms with E-state index in [0.29, 0.717) is 6.42 Å². The number of carbonyl (C=O) groups is 1. The van der Waals surface area contributed by atoms with Crippen LogP contribution in [0.2, 0.25) is 0 Å². The zero-order valence-electron chi connectivity index (χ0n) is 11.5. The van der Waals surface area contributed by atoms with Gasteiger partial charge in [-0.05, 0) is 43.2 Å². The highest BCUT2D eigenvalue weighted by molar-refractivity contribution is 9.10. The Morgan fingerprint density at radius 3 is 2.30 bits per heavy atom. The number of hydrogen-bond acceptors (Lipinski definition) is 1. The minimum Gasteiger partial charge on any atom is -0.298 e. The van der Waals surface area contributed by atoms with Crippen LogP contribution in [0.5, 0.6) is 0 Å². The van der Waals surface area contributed by atoms with Crippen LogP contribution >= 0.6 is 15.9 Å². The van der Waals surface area contributed by atoms with Crippen LogP contribution in [0, 0.1) is 5.82 Å². The van der Waals surface area contributed by atoms with Crippen molar-refractivity contribution in [1.29, 1.82) is 0 Å². The van der Waals surface area contributed by atoms with Gasteiger partial charge >= 0.3 is 0 Å². The molecule has 2 aromatic rings. The standard InChI is InChI=1S/C17H16BrFO/c1-17(2,13-7-9-14(19)10-8-13)16(20)11-12-5-3-4-6-15(12)18/h3-10H,11H2,1-2H3. The normalized spacial score (nSPS) is 11.4. The van der Waals surface area contributed by atoms with E-state index in [2.05, 4.69) is 15.9 Å². The molecule has 0 radical (unpaired) electrons. The second kappa shape index (κ2) is 5.88. The number of carbonyl (C=O) groups excluding carboxylic acids is 1. The van der Waals surface area contributed by atoms with E-state index in [9.17, 15) is 9.18 Å². The fourth-order valence-electron chi connectivity index (χ4n) is 2.06. The molecule has 0 aromatic heterocycles. The van der Waals surface area contributed by atoms with E-state index < -0.39 is 5.41 Å². The average Bonchev–Trinajstić information content (AvgIpc) is 2.41. The Kier molecular flexibility index (Phi) is 4.39. The maximum atomic E-state index is 13.0. The molecule has 104 valence electrons. The molecule has 0 spiro atoms. The molecule has 0 heterocycles. The SMILES string of the molecule is CC(C)(C(=O)Cc1ccccc1Br)c1ccc(F)cc1. The van der Waals surface area contributed by atoms with Crippen molar-refractivity contribution >= 4 is 21.7 Å². The lowest BCUT2D eigenvalue weighted by Crippen LogP contribution is -2.30. The van der Waals surface area contributed by atoms with Gasteiger partial charge in [0, 0.05) is 16.3 Å². The average molecular weight is 335 g/mol. The summed E-state index contributed by atoms with van der Waals surface area (Å²) in [7, 11) is 0. The van der Waals surface area contributed by atoms with E-state index >= 15 is 0 Å². The minimum absolute atomic E-state index is 0.107. The van der Waals surface area contributed by atoms with E-state index in [0.717, 1.165) is 15.6 Å². The van der Waals surface area contributed by atoms with Gasteiger partial charge in [-0.1, -0.05) is 46.3 Å². The number of halogens is 2. The lowest BCUT2D eigenvalue weighted by molar-refractivity contribution is -0.122. The number of rotatable bonds is 4. The van der Waals surface area contributed by atoms with E-state index in [1.165, 1.54) is 12.1 Å². The van der Waals surface area contributed by atoms with E-state index in [1.54, 1.807) is 12.1 Å². The molecule has 20 heavy (non-hydrogen) atoms. The maximum Gasteiger partial charge on any atom is 0.147 e. The summed E-state index contributed by atoms with van der Waals surface area (Å²) >= 11 is 3.46. The van der Waals surface area contributed by atoms with Crippen LogP contribution in [0.3, 0.4) is 0 Å². The van der Waals surface area contributed by atoms with Crippen LogP contribution in [0.4, 0.5) is 4.39 Å². The third-order valence-electron chi connectivity index (χ3n) is 3.57. The van der Waals surface area contributed by atoms with Crippen LogP contribution < -0.4 is 0 Å². The van der Waals surface area contributed by atoms with Gasteiger partial charge < -0.3 is 0 Å². The predicted molar refractivity (Wildman–Crippen MR) is 82.3 cm³/mol. The van der Waals surface area contributed by atoms with Crippen LogP contribution in [-0.4, -0.2) is 5.78 Å². The van der Waals surface area contributed by atoms with E-state index in [4.69, 9.17) is 0 Å². The molecule has 0 saturated carbocycles. The van der Waals surface area contributed by atoms with Gasteiger partial charge in [0.1, 0.15) is 11.6 Å². The van der Waals surface area contributed by atoms with Crippen molar-refractivity contribution in [3.63, 3.8) is 0 Å². The Hall–Kier alpha value is -1.48. The van der Waals surface area contributed by atoms with Crippen molar-refractivity contribution < 1.29 is 9.18 Å². The van der Waals surface area contributed by atoms with Crippen molar-refractivity contribution in [1.82, 2.24) is 0 Å². The molecule has 0 aliphatic heterocycles. The Morgan fingerprint density at radius 2 is 1.70 bits per heavy atom. The largest absolute Gasteiger partial charge is 0.298 e. The summed E-state index contributed by atoms with van der Waals surface area (Å²) in [6.07, 6.45) is 0.353. The molecular formula is C17H16BrFO. The molecule has 0 saturated heterocycles. The molecule has 0 aliphatic rings. The van der Waals surface area contributed by atoms with Gasteiger partial charge in [0.15, 0.2) is 0 Å². The number of ketones is 1. The molecule has 0 bridgehead atoms. The Morgan fingerprint density at radius 1 is 1.10 bits per heavy atom. The van der Waals surface area contributed by atoms with Crippen LogP contribution in [-0.2, 0) is 16.6 Å². The van der Waals surface area contributed by atoms with Crippen molar-refractivity contribution in [2.75, 3.05) is 0 Å². The predicted octanol–water partition coefficient (Wildman–Crippen LogP) is 4.68. The lowest BCUT2D eigenvalue weighted by atomic mass is 9.78. The Labute approximate surface area is 127 Å². The Bertz CT molecular complexity index is 617. The first-order chi connectivity index (χ1) is 9.41. The molecule has 3 heteroatoms. The fourth-order valence-corrected chi connectivity index (χ4v) is 2.49.